The summed E-state index contributed by atoms with van der Waals surface area (Å²) >= 11 is 0. The quantitative estimate of drug-likeness (QED) is 0.752. The number of pyridine rings is 1. The highest BCUT2D eigenvalue weighted by Crippen LogP contribution is 2.16. The molecule has 15 heavy (non-hydrogen) atoms. The Morgan fingerprint density at radius 3 is 3.20 bits per heavy atom. The van der Waals surface area contributed by atoms with Gasteiger partial charge >= 0.3 is 0 Å². The number of rotatable bonds is 3. The van der Waals surface area contributed by atoms with Crippen molar-refractivity contribution < 1.29 is 9.53 Å². The van der Waals surface area contributed by atoms with Gasteiger partial charge in [0.05, 0.1) is 6.61 Å². The van der Waals surface area contributed by atoms with Crippen LogP contribution in [0, 0.1) is 5.92 Å². The predicted octanol–water partition coefficient (Wildman–Crippen LogP) is 1.62. The van der Waals surface area contributed by atoms with Gasteiger partial charge in [-0.1, -0.05) is 6.07 Å². The molecule has 0 aromatic carbocycles. The van der Waals surface area contributed by atoms with E-state index < -0.39 is 0 Å². The van der Waals surface area contributed by atoms with Crippen LogP contribution < -0.4 is 0 Å². The van der Waals surface area contributed by atoms with Crippen molar-refractivity contribution >= 4 is 5.78 Å². The second kappa shape index (κ2) is 5.03. The molecule has 0 amide bonds. The maximum absolute atomic E-state index is 11.9. The van der Waals surface area contributed by atoms with E-state index in [1.165, 1.54) is 0 Å². The molecule has 0 N–H and O–H groups in total. The number of nitrogens with zero attached hydrogens (tertiary/aromatic N) is 1. The Morgan fingerprint density at radius 2 is 2.53 bits per heavy atom. The molecule has 0 radical (unpaired) electrons. The van der Waals surface area contributed by atoms with Gasteiger partial charge in [-0.25, -0.2) is 0 Å². The van der Waals surface area contributed by atoms with E-state index in [1.54, 1.807) is 12.4 Å². The van der Waals surface area contributed by atoms with E-state index in [1.807, 2.05) is 12.1 Å². The lowest BCUT2D eigenvalue weighted by Crippen LogP contribution is -2.26. The first-order valence-electron chi connectivity index (χ1n) is 5.35. The van der Waals surface area contributed by atoms with Crippen molar-refractivity contribution in [2.75, 3.05) is 13.2 Å². The number of ether oxygens (including phenoxy) is 1. The highest BCUT2D eigenvalue weighted by atomic mass is 16.5. The molecule has 0 spiro atoms. The van der Waals surface area contributed by atoms with E-state index in [0.29, 0.717) is 13.0 Å². The topological polar surface area (TPSA) is 39.2 Å². The summed E-state index contributed by atoms with van der Waals surface area (Å²) in [5.41, 5.74) is 0.994. The van der Waals surface area contributed by atoms with Gasteiger partial charge in [-0.2, -0.15) is 0 Å². The first-order valence-corrected chi connectivity index (χ1v) is 5.35. The minimum Gasteiger partial charge on any atom is -0.381 e. The molecule has 1 aliphatic heterocycles. The van der Waals surface area contributed by atoms with Crippen molar-refractivity contribution in [1.29, 1.82) is 0 Å². The fourth-order valence-corrected chi connectivity index (χ4v) is 1.84. The first-order chi connectivity index (χ1) is 7.36. The fraction of sp³-hybridized carbons (Fsp3) is 0.500. The molecule has 3 nitrogen and oxygen atoms in total. The van der Waals surface area contributed by atoms with Gasteiger partial charge in [0.2, 0.25) is 0 Å². The highest BCUT2D eigenvalue weighted by Gasteiger charge is 2.21. The minimum atomic E-state index is 0.0963. The zero-order valence-corrected chi connectivity index (χ0v) is 8.69. The van der Waals surface area contributed by atoms with Crippen molar-refractivity contribution in [2.24, 2.45) is 5.92 Å². The number of Topliss-reactive ketones (excluding diaryl/α,β-unsaturated/α-hetero) is 1. The smallest absolute Gasteiger partial charge is 0.142 e. The van der Waals surface area contributed by atoms with Gasteiger partial charge in [0.1, 0.15) is 5.78 Å². The summed E-state index contributed by atoms with van der Waals surface area (Å²) in [6.07, 6.45) is 5.93. The summed E-state index contributed by atoms with van der Waals surface area (Å²) in [5.74, 6) is 0.377. The number of hydrogen-bond donors (Lipinski definition) is 0. The molecule has 1 aromatic rings. The summed E-state index contributed by atoms with van der Waals surface area (Å²) in [5, 5.41) is 0. The van der Waals surface area contributed by atoms with Crippen molar-refractivity contribution in [2.45, 2.75) is 19.3 Å². The van der Waals surface area contributed by atoms with Gasteiger partial charge in [0.25, 0.3) is 0 Å². The van der Waals surface area contributed by atoms with Crippen LogP contribution in [0.1, 0.15) is 18.4 Å². The highest BCUT2D eigenvalue weighted by molar-refractivity contribution is 5.83. The van der Waals surface area contributed by atoms with Gasteiger partial charge in [-0.3, -0.25) is 9.78 Å². The van der Waals surface area contributed by atoms with Gasteiger partial charge < -0.3 is 4.74 Å². The summed E-state index contributed by atoms with van der Waals surface area (Å²) < 4.78 is 5.30. The summed E-state index contributed by atoms with van der Waals surface area (Å²) in [4.78, 5) is 15.9. The van der Waals surface area contributed by atoms with E-state index in [2.05, 4.69) is 4.98 Å². The zero-order chi connectivity index (χ0) is 10.5. The summed E-state index contributed by atoms with van der Waals surface area (Å²) in [7, 11) is 0. The van der Waals surface area contributed by atoms with Crippen LogP contribution in [0.2, 0.25) is 0 Å². The Labute approximate surface area is 89.5 Å². The molecule has 1 fully saturated rings. The van der Waals surface area contributed by atoms with Crippen LogP contribution in [-0.2, 0) is 16.0 Å². The van der Waals surface area contributed by atoms with Crippen molar-refractivity contribution in [3.8, 4) is 0 Å². The molecule has 80 valence electrons. The number of ketones is 1. The van der Waals surface area contributed by atoms with E-state index in [0.717, 1.165) is 25.0 Å². The Morgan fingerprint density at radius 1 is 1.60 bits per heavy atom. The molecule has 1 aliphatic rings. The molecule has 0 saturated carbocycles. The molecule has 0 bridgehead atoms. The minimum absolute atomic E-state index is 0.0963. The monoisotopic (exact) mass is 205 g/mol. The van der Waals surface area contributed by atoms with Crippen LogP contribution in [0.5, 0.6) is 0 Å². The Hall–Kier alpha value is -1.22. The molecule has 2 heterocycles. The molecular formula is C12H15NO2. The normalized spacial score (nSPS) is 21.2. The average molecular weight is 205 g/mol. The summed E-state index contributed by atoms with van der Waals surface area (Å²) in [6.45, 7) is 1.40. The Balaban J connectivity index is 1.91. The summed E-state index contributed by atoms with van der Waals surface area (Å²) in [6, 6.07) is 3.80. The van der Waals surface area contributed by atoms with Gasteiger partial charge in [0, 0.05) is 31.3 Å². The van der Waals surface area contributed by atoms with Crippen molar-refractivity contribution in [1.82, 2.24) is 4.98 Å². The lowest BCUT2D eigenvalue weighted by atomic mass is 9.94. The molecular weight excluding hydrogens is 190 g/mol. The van der Waals surface area contributed by atoms with Crippen LogP contribution >= 0.6 is 0 Å². The van der Waals surface area contributed by atoms with Crippen molar-refractivity contribution in [3.63, 3.8) is 0 Å². The predicted molar refractivity (Wildman–Crippen MR) is 56.5 cm³/mol. The number of carbonyl (C=O) groups excluding carboxylic acids is 1. The molecule has 1 saturated heterocycles. The Bertz CT molecular complexity index is 318. The van der Waals surface area contributed by atoms with E-state index in [9.17, 15) is 4.79 Å². The maximum atomic E-state index is 11.9. The van der Waals surface area contributed by atoms with E-state index in [4.69, 9.17) is 4.74 Å². The Kier molecular flexibility index (Phi) is 3.45. The maximum Gasteiger partial charge on any atom is 0.142 e. The lowest BCUT2D eigenvalue weighted by molar-refractivity contribution is -0.126. The third kappa shape index (κ3) is 2.86. The third-order valence-electron chi connectivity index (χ3n) is 2.72. The van der Waals surface area contributed by atoms with Crippen LogP contribution in [0.4, 0.5) is 0 Å². The van der Waals surface area contributed by atoms with Gasteiger partial charge in [-0.15, -0.1) is 0 Å². The van der Waals surface area contributed by atoms with Gasteiger partial charge in [0.15, 0.2) is 0 Å². The third-order valence-corrected chi connectivity index (χ3v) is 2.72. The molecule has 1 aromatic heterocycles. The lowest BCUT2D eigenvalue weighted by Gasteiger charge is -2.20. The van der Waals surface area contributed by atoms with Gasteiger partial charge in [-0.05, 0) is 24.5 Å². The fourth-order valence-electron chi connectivity index (χ4n) is 1.84. The average Bonchev–Trinajstić information content (AvgIpc) is 2.31. The van der Waals surface area contributed by atoms with Crippen LogP contribution in [-0.4, -0.2) is 24.0 Å². The molecule has 0 aliphatic carbocycles. The molecule has 3 heteroatoms. The SMILES string of the molecule is O=C(Cc1cccnc1)C1CCCOC1. The van der Waals surface area contributed by atoms with Crippen molar-refractivity contribution in [3.05, 3.63) is 30.1 Å². The number of aromatic nitrogens is 1. The second-order valence-electron chi connectivity index (χ2n) is 3.92. The second-order valence-corrected chi connectivity index (χ2v) is 3.92. The first kappa shape index (κ1) is 10.3. The van der Waals surface area contributed by atoms with Crippen LogP contribution in [0.3, 0.4) is 0 Å². The molecule has 1 unspecified atom stereocenters. The molecule has 1 atom stereocenters. The van der Waals surface area contributed by atoms with Crippen LogP contribution in [0.25, 0.3) is 0 Å². The van der Waals surface area contributed by atoms with E-state index in [-0.39, 0.29) is 11.7 Å². The molecule has 2 rings (SSSR count). The largest absolute Gasteiger partial charge is 0.381 e. The number of hydrogen-bond acceptors (Lipinski definition) is 3. The van der Waals surface area contributed by atoms with Crippen LogP contribution in [0.15, 0.2) is 24.5 Å². The zero-order valence-electron chi connectivity index (χ0n) is 8.69. The van der Waals surface area contributed by atoms with E-state index >= 15 is 0 Å². The standard InChI is InChI=1S/C12H15NO2/c14-12(11-4-2-6-15-9-11)7-10-3-1-5-13-8-10/h1,3,5,8,11H,2,4,6-7,9H2. The number of carbonyl (C=O) groups is 1.